The minimum Gasteiger partial charge on any atom is -0.505 e. The Morgan fingerprint density at radius 3 is 2.88 bits per heavy atom. The standard InChI is InChI=1S/C10H12N2O5/c13-7-2-1-3-11-9(7)10(16)12-4-5-17-6-8(14)15/h1-3,13H,4-6H2,(H,12,16)(H,14,15). The van der Waals surface area contributed by atoms with Crippen LogP contribution in [0.1, 0.15) is 10.5 Å². The molecular formula is C10H12N2O5. The number of ether oxygens (including phenoxy) is 1. The summed E-state index contributed by atoms with van der Waals surface area (Å²) in [7, 11) is 0. The number of nitrogens with one attached hydrogen (secondary N) is 1. The van der Waals surface area contributed by atoms with E-state index < -0.39 is 18.5 Å². The minimum atomic E-state index is -1.07. The molecule has 0 aliphatic heterocycles. The van der Waals surface area contributed by atoms with Crippen LogP contribution in [0.4, 0.5) is 0 Å². The van der Waals surface area contributed by atoms with Crippen LogP contribution in [0.3, 0.4) is 0 Å². The molecule has 1 amide bonds. The smallest absolute Gasteiger partial charge is 0.329 e. The van der Waals surface area contributed by atoms with Gasteiger partial charge in [0.05, 0.1) is 6.61 Å². The highest BCUT2D eigenvalue weighted by Crippen LogP contribution is 2.11. The number of amides is 1. The van der Waals surface area contributed by atoms with Crippen LogP contribution >= 0.6 is 0 Å². The summed E-state index contributed by atoms with van der Waals surface area (Å²) in [6, 6.07) is 2.85. The van der Waals surface area contributed by atoms with Gasteiger partial charge in [0, 0.05) is 12.7 Å². The van der Waals surface area contributed by atoms with Crippen molar-refractivity contribution >= 4 is 11.9 Å². The fourth-order valence-electron chi connectivity index (χ4n) is 1.05. The van der Waals surface area contributed by atoms with Gasteiger partial charge >= 0.3 is 5.97 Å². The molecule has 92 valence electrons. The number of carboxylic acids is 1. The van der Waals surface area contributed by atoms with Crippen LogP contribution in [-0.4, -0.2) is 46.8 Å². The maximum Gasteiger partial charge on any atom is 0.329 e. The zero-order valence-electron chi connectivity index (χ0n) is 8.92. The van der Waals surface area contributed by atoms with E-state index in [4.69, 9.17) is 9.84 Å². The van der Waals surface area contributed by atoms with Crippen LogP contribution in [0, 0.1) is 0 Å². The Kier molecular flexibility index (Phi) is 4.89. The summed E-state index contributed by atoms with van der Waals surface area (Å²) in [4.78, 5) is 25.3. The summed E-state index contributed by atoms with van der Waals surface area (Å²) in [5, 5.41) is 20.0. The maximum absolute atomic E-state index is 11.5. The van der Waals surface area contributed by atoms with Crippen LogP contribution in [-0.2, 0) is 9.53 Å². The number of carbonyl (C=O) groups excluding carboxylic acids is 1. The van der Waals surface area contributed by atoms with E-state index in [9.17, 15) is 14.7 Å². The highest BCUT2D eigenvalue weighted by Gasteiger charge is 2.10. The number of aromatic nitrogens is 1. The van der Waals surface area contributed by atoms with Gasteiger partial charge in [-0.1, -0.05) is 0 Å². The molecule has 1 rings (SSSR count). The molecule has 0 spiro atoms. The van der Waals surface area contributed by atoms with Gasteiger partial charge in [-0.15, -0.1) is 0 Å². The molecule has 7 nitrogen and oxygen atoms in total. The molecule has 0 aliphatic rings. The van der Waals surface area contributed by atoms with Crippen molar-refractivity contribution in [2.24, 2.45) is 0 Å². The second-order valence-electron chi connectivity index (χ2n) is 3.07. The van der Waals surface area contributed by atoms with E-state index in [0.717, 1.165) is 0 Å². The van der Waals surface area contributed by atoms with E-state index in [1.165, 1.54) is 18.3 Å². The van der Waals surface area contributed by atoms with Gasteiger partial charge in [-0.3, -0.25) is 4.79 Å². The SMILES string of the molecule is O=C(O)COCCNC(=O)c1ncccc1O. The highest BCUT2D eigenvalue weighted by atomic mass is 16.5. The Labute approximate surface area is 97.1 Å². The van der Waals surface area contributed by atoms with Gasteiger partial charge < -0.3 is 20.3 Å². The Balaban J connectivity index is 2.31. The van der Waals surface area contributed by atoms with Crippen molar-refractivity contribution in [2.75, 3.05) is 19.8 Å². The number of carboxylic acid groups (broad SMARTS) is 1. The number of nitrogens with zero attached hydrogens (tertiary/aromatic N) is 1. The molecule has 0 saturated heterocycles. The fourth-order valence-corrected chi connectivity index (χ4v) is 1.05. The molecule has 17 heavy (non-hydrogen) atoms. The minimum absolute atomic E-state index is 0.0750. The monoisotopic (exact) mass is 240 g/mol. The molecule has 0 fully saturated rings. The molecule has 1 heterocycles. The molecule has 0 atom stereocenters. The van der Waals surface area contributed by atoms with Gasteiger partial charge in [0.25, 0.3) is 5.91 Å². The largest absolute Gasteiger partial charge is 0.505 e. The molecule has 0 bridgehead atoms. The van der Waals surface area contributed by atoms with Crippen molar-refractivity contribution in [3.63, 3.8) is 0 Å². The van der Waals surface area contributed by atoms with Crippen molar-refractivity contribution < 1.29 is 24.5 Å². The predicted molar refractivity (Wildman–Crippen MR) is 56.7 cm³/mol. The molecule has 0 aliphatic carbocycles. The molecular weight excluding hydrogens is 228 g/mol. The lowest BCUT2D eigenvalue weighted by Gasteiger charge is -2.05. The summed E-state index contributed by atoms with van der Waals surface area (Å²) >= 11 is 0. The zero-order valence-corrected chi connectivity index (χ0v) is 8.92. The third-order valence-corrected chi connectivity index (χ3v) is 1.76. The van der Waals surface area contributed by atoms with Crippen LogP contribution in [0.25, 0.3) is 0 Å². The van der Waals surface area contributed by atoms with Crippen molar-refractivity contribution in [3.05, 3.63) is 24.0 Å². The number of pyridine rings is 1. The summed E-state index contributed by atoms with van der Waals surface area (Å²) < 4.78 is 4.71. The predicted octanol–water partition coefficient (Wildman–Crippen LogP) is -0.382. The second-order valence-corrected chi connectivity index (χ2v) is 3.07. The van der Waals surface area contributed by atoms with Crippen LogP contribution in [0.5, 0.6) is 5.75 Å². The topological polar surface area (TPSA) is 109 Å². The number of hydrogen-bond donors (Lipinski definition) is 3. The molecule has 1 aromatic rings. The Bertz CT molecular complexity index is 407. The highest BCUT2D eigenvalue weighted by molar-refractivity contribution is 5.94. The van der Waals surface area contributed by atoms with E-state index in [0.29, 0.717) is 0 Å². The zero-order chi connectivity index (χ0) is 12.7. The van der Waals surface area contributed by atoms with Crippen LogP contribution in [0.2, 0.25) is 0 Å². The second kappa shape index (κ2) is 6.44. The number of rotatable bonds is 6. The number of aromatic hydroxyl groups is 1. The Hall–Kier alpha value is -2.15. The Morgan fingerprint density at radius 2 is 2.24 bits per heavy atom. The lowest BCUT2D eigenvalue weighted by molar-refractivity contribution is -0.142. The summed E-state index contributed by atoms with van der Waals surface area (Å²) in [5.74, 6) is -1.82. The average Bonchev–Trinajstić information content (AvgIpc) is 2.28. The van der Waals surface area contributed by atoms with E-state index >= 15 is 0 Å². The molecule has 3 N–H and O–H groups in total. The molecule has 0 unspecified atom stereocenters. The molecule has 0 saturated carbocycles. The first-order valence-electron chi connectivity index (χ1n) is 4.83. The molecule has 0 radical (unpaired) electrons. The summed E-state index contributed by atoms with van der Waals surface area (Å²) in [6.07, 6.45) is 1.38. The quantitative estimate of drug-likeness (QED) is 0.585. The summed E-state index contributed by atoms with van der Waals surface area (Å²) in [5.41, 5.74) is -0.0780. The van der Waals surface area contributed by atoms with Gasteiger partial charge in [0.2, 0.25) is 0 Å². The van der Waals surface area contributed by atoms with Crippen molar-refractivity contribution in [1.29, 1.82) is 0 Å². The lowest BCUT2D eigenvalue weighted by atomic mass is 10.3. The van der Waals surface area contributed by atoms with E-state index in [1.54, 1.807) is 0 Å². The summed E-state index contributed by atoms with van der Waals surface area (Å²) in [6.45, 7) is -0.196. The van der Waals surface area contributed by atoms with Crippen molar-refractivity contribution in [2.45, 2.75) is 0 Å². The maximum atomic E-state index is 11.5. The van der Waals surface area contributed by atoms with Crippen molar-refractivity contribution in [1.82, 2.24) is 10.3 Å². The van der Waals surface area contributed by atoms with Crippen LogP contribution in [0.15, 0.2) is 18.3 Å². The average molecular weight is 240 g/mol. The number of hydrogen-bond acceptors (Lipinski definition) is 5. The van der Waals surface area contributed by atoms with E-state index in [1.807, 2.05) is 0 Å². The third-order valence-electron chi connectivity index (χ3n) is 1.76. The number of carbonyl (C=O) groups is 2. The van der Waals surface area contributed by atoms with Crippen molar-refractivity contribution in [3.8, 4) is 5.75 Å². The molecule has 7 heteroatoms. The van der Waals surface area contributed by atoms with Gasteiger partial charge in [-0.2, -0.15) is 0 Å². The van der Waals surface area contributed by atoms with Gasteiger partial charge in [0.1, 0.15) is 12.4 Å². The molecule has 1 aromatic heterocycles. The lowest BCUT2D eigenvalue weighted by Crippen LogP contribution is -2.28. The third kappa shape index (κ3) is 4.47. The van der Waals surface area contributed by atoms with Crippen LogP contribution < -0.4 is 5.32 Å². The normalized spacial score (nSPS) is 9.88. The Morgan fingerprint density at radius 1 is 1.47 bits per heavy atom. The first-order valence-corrected chi connectivity index (χ1v) is 4.83. The van der Waals surface area contributed by atoms with Gasteiger partial charge in [-0.25, -0.2) is 9.78 Å². The van der Waals surface area contributed by atoms with E-state index in [2.05, 4.69) is 10.3 Å². The molecule has 0 aromatic carbocycles. The first kappa shape index (κ1) is 12.9. The van der Waals surface area contributed by atoms with Gasteiger partial charge in [-0.05, 0) is 12.1 Å². The fraction of sp³-hybridized carbons (Fsp3) is 0.300. The number of aliphatic carboxylic acids is 1. The van der Waals surface area contributed by atoms with E-state index in [-0.39, 0.29) is 24.6 Å². The first-order chi connectivity index (χ1) is 8.11. The van der Waals surface area contributed by atoms with Gasteiger partial charge in [0.15, 0.2) is 5.69 Å².